The van der Waals surface area contributed by atoms with Gasteiger partial charge in [-0.25, -0.2) is 9.97 Å². The standard InChI is InChI=1S/C6H4N4O4/c11-5(9-13)3-4(6(12)10-14)8-2-1-7-3/h1-2H,(H2-2,7,8,9,10,11,12,13,14)/q-2. The van der Waals surface area contributed by atoms with Gasteiger partial charge in [0.2, 0.25) is 0 Å². The van der Waals surface area contributed by atoms with Crippen LogP contribution in [0, 0.1) is 10.4 Å². The number of amides is 2. The normalized spacial score (nSPS) is 9.29. The van der Waals surface area contributed by atoms with Gasteiger partial charge in [0.05, 0.1) is 0 Å². The largest absolute Gasteiger partial charge is 0.759 e. The van der Waals surface area contributed by atoms with E-state index in [0.29, 0.717) is 0 Å². The summed E-state index contributed by atoms with van der Waals surface area (Å²) in [5.41, 5.74) is 1.07. The molecule has 0 aliphatic rings. The maximum Gasteiger partial charge on any atom is 0.261 e. The molecule has 1 heterocycles. The number of aromatic nitrogens is 2. The molecule has 0 aliphatic heterocycles. The third-order valence-corrected chi connectivity index (χ3v) is 1.31. The number of hydrogen-bond donors (Lipinski definition) is 2. The second-order valence-corrected chi connectivity index (χ2v) is 2.12. The number of hydroxylamine groups is 2. The molecule has 0 aromatic carbocycles. The van der Waals surface area contributed by atoms with Crippen LogP contribution in [-0.2, 0) is 0 Å². The van der Waals surface area contributed by atoms with Gasteiger partial charge < -0.3 is 21.4 Å². The van der Waals surface area contributed by atoms with Crippen molar-refractivity contribution in [3.63, 3.8) is 0 Å². The quantitative estimate of drug-likeness (QED) is 0.579. The van der Waals surface area contributed by atoms with E-state index in [-0.39, 0.29) is 0 Å². The molecule has 0 bridgehead atoms. The van der Waals surface area contributed by atoms with Gasteiger partial charge >= 0.3 is 0 Å². The lowest BCUT2D eigenvalue weighted by molar-refractivity contribution is 0.0928. The fourth-order valence-corrected chi connectivity index (χ4v) is 0.767. The van der Waals surface area contributed by atoms with Crippen molar-refractivity contribution < 1.29 is 9.59 Å². The third-order valence-electron chi connectivity index (χ3n) is 1.31. The molecule has 0 atom stereocenters. The molecule has 0 unspecified atom stereocenters. The summed E-state index contributed by atoms with van der Waals surface area (Å²) < 4.78 is 0. The molecule has 2 N–H and O–H groups in total. The van der Waals surface area contributed by atoms with Gasteiger partial charge in [0.25, 0.3) is 11.8 Å². The first-order chi connectivity index (χ1) is 6.70. The van der Waals surface area contributed by atoms with Crippen LogP contribution in [0.4, 0.5) is 0 Å². The van der Waals surface area contributed by atoms with Crippen molar-refractivity contribution in [3.05, 3.63) is 34.2 Å². The summed E-state index contributed by atoms with van der Waals surface area (Å²) >= 11 is 0. The lowest BCUT2D eigenvalue weighted by Gasteiger charge is -2.11. The van der Waals surface area contributed by atoms with Crippen LogP contribution >= 0.6 is 0 Å². The van der Waals surface area contributed by atoms with E-state index < -0.39 is 23.2 Å². The van der Waals surface area contributed by atoms with E-state index in [4.69, 9.17) is 0 Å². The number of nitrogens with one attached hydrogen (secondary N) is 2. The predicted molar refractivity (Wildman–Crippen MR) is 43.7 cm³/mol. The second kappa shape index (κ2) is 4.25. The average Bonchev–Trinajstić information content (AvgIpc) is 2.27. The van der Waals surface area contributed by atoms with Gasteiger partial charge in [-0.1, -0.05) is 0 Å². The Hall–Kier alpha value is -2.06. The average molecular weight is 196 g/mol. The smallest absolute Gasteiger partial charge is 0.261 e. The minimum Gasteiger partial charge on any atom is -0.759 e. The molecular weight excluding hydrogens is 192 g/mol. The molecule has 0 spiro atoms. The molecule has 1 rings (SSSR count). The van der Waals surface area contributed by atoms with Crippen molar-refractivity contribution in [1.82, 2.24) is 20.9 Å². The minimum absolute atomic E-state index is 0.490. The van der Waals surface area contributed by atoms with Gasteiger partial charge in [-0.05, 0) is 0 Å². The van der Waals surface area contributed by atoms with E-state index in [1.54, 1.807) is 0 Å². The van der Waals surface area contributed by atoms with Crippen molar-refractivity contribution in [2.75, 3.05) is 0 Å². The molecule has 0 radical (unpaired) electrons. The highest BCUT2D eigenvalue weighted by atomic mass is 16.5. The zero-order valence-electron chi connectivity index (χ0n) is 6.68. The molecule has 2 amide bonds. The first kappa shape index (κ1) is 10.0. The van der Waals surface area contributed by atoms with Crippen LogP contribution in [0.5, 0.6) is 0 Å². The monoisotopic (exact) mass is 196 g/mol. The molecule has 1 aromatic heterocycles. The zero-order chi connectivity index (χ0) is 10.6. The van der Waals surface area contributed by atoms with E-state index in [1.807, 2.05) is 0 Å². The highest BCUT2D eigenvalue weighted by Crippen LogP contribution is 2.00. The topological polar surface area (TPSA) is 130 Å². The molecule has 1 aromatic rings. The zero-order valence-corrected chi connectivity index (χ0v) is 6.68. The van der Waals surface area contributed by atoms with Gasteiger partial charge in [0.15, 0.2) is 11.4 Å². The summed E-state index contributed by atoms with van der Waals surface area (Å²) in [5, 5.41) is 20.0. The third kappa shape index (κ3) is 1.81. The maximum atomic E-state index is 10.8. The summed E-state index contributed by atoms with van der Waals surface area (Å²) in [6.07, 6.45) is 2.23. The summed E-state index contributed by atoms with van der Waals surface area (Å²) in [6.45, 7) is 0. The summed E-state index contributed by atoms with van der Waals surface area (Å²) in [6, 6.07) is 0. The Labute approximate surface area is 77.5 Å². The highest BCUT2D eigenvalue weighted by Gasteiger charge is 2.15. The van der Waals surface area contributed by atoms with Gasteiger partial charge in [0.1, 0.15) is 0 Å². The van der Waals surface area contributed by atoms with Crippen molar-refractivity contribution in [3.8, 4) is 0 Å². The number of carbonyl (C=O) groups is 2. The van der Waals surface area contributed by atoms with E-state index in [9.17, 15) is 20.0 Å². The number of nitrogens with zero attached hydrogens (tertiary/aromatic N) is 2. The summed E-state index contributed by atoms with van der Waals surface area (Å²) in [7, 11) is 0. The van der Waals surface area contributed by atoms with Crippen molar-refractivity contribution in [2.45, 2.75) is 0 Å². The second-order valence-electron chi connectivity index (χ2n) is 2.12. The molecule has 0 saturated carbocycles. The Bertz CT molecular complexity index is 332. The van der Waals surface area contributed by atoms with Crippen LogP contribution in [0.1, 0.15) is 21.0 Å². The van der Waals surface area contributed by atoms with Gasteiger partial charge in [0, 0.05) is 12.4 Å². The van der Waals surface area contributed by atoms with Crippen molar-refractivity contribution in [1.29, 1.82) is 0 Å². The maximum absolute atomic E-state index is 10.8. The molecule has 74 valence electrons. The fraction of sp³-hybridized carbons (Fsp3) is 0. The fourth-order valence-electron chi connectivity index (χ4n) is 0.767. The lowest BCUT2D eigenvalue weighted by atomic mass is 10.3. The van der Waals surface area contributed by atoms with Crippen molar-refractivity contribution in [2.24, 2.45) is 0 Å². The van der Waals surface area contributed by atoms with Gasteiger partial charge in [-0.15, -0.1) is 0 Å². The molecule has 0 fully saturated rings. The van der Waals surface area contributed by atoms with Crippen LogP contribution in [0.15, 0.2) is 12.4 Å². The Morgan fingerprint density at radius 1 is 1.00 bits per heavy atom. The number of rotatable bonds is 2. The Kier molecular flexibility index (Phi) is 3.05. The van der Waals surface area contributed by atoms with E-state index in [0.717, 1.165) is 23.4 Å². The molecule has 8 heteroatoms. The first-order valence-electron chi connectivity index (χ1n) is 3.36. The number of carbonyl (C=O) groups excluding carboxylic acids is 2. The van der Waals surface area contributed by atoms with E-state index in [2.05, 4.69) is 9.97 Å². The predicted octanol–water partition coefficient (Wildman–Crippen LogP) is -1.07. The highest BCUT2D eigenvalue weighted by molar-refractivity contribution is 6.04. The molecule has 8 nitrogen and oxygen atoms in total. The molecule has 0 aliphatic carbocycles. The lowest BCUT2D eigenvalue weighted by Crippen LogP contribution is -2.26. The summed E-state index contributed by atoms with van der Waals surface area (Å²) in [4.78, 5) is 28.6. The molecular formula is C6H4N4O4-2. The SMILES string of the molecule is O=C(N[O-])c1nccnc1C(=O)N[O-]. The van der Waals surface area contributed by atoms with Crippen LogP contribution in [0.25, 0.3) is 0 Å². The van der Waals surface area contributed by atoms with Crippen LogP contribution < -0.4 is 11.0 Å². The summed E-state index contributed by atoms with van der Waals surface area (Å²) in [5.74, 6) is -2.26. The Balaban J connectivity index is 3.15. The van der Waals surface area contributed by atoms with Gasteiger partial charge in [-0.3, -0.25) is 9.59 Å². The van der Waals surface area contributed by atoms with Crippen LogP contribution in [0.2, 0.25) is 0 Å². The molecule has 14 heavy (non-hydrogen) atoms. The Morgan fingerprint density at radius 2 is 1.36 bits per heavy atom. The first-order valence-corrected chi connectivity index (χ1v) is 3.36. The van der Waals surface area contributed by atoms with E-state index in [1.165, 1.54) is 0 Å². The minimum atomic E-state index is -1.13. The van der Waals surface area contributed by atoms with E-state index >= 15 is 0 Å². The van der Waals surface area contributed by atoms with Crippen LogP contribution in [0.3, 0.4) is 0 Å². The number of hydrogen-bond acceptors (Lipinski definition) is 6. The Morgan fingerprint density at radius 3 is 1.64 bits per heavy atom. The molecule has 0 saturated heterocycles. The van der Waals surface area contributed by atoms with Crippen LogP contribution in [-0.4, -0.2) is 21.8 Å². The van der Waals surface area contributed by atoms with Crippen molar-refractivity contribution >= 4 is 11.8 Å². The van der Waals surface area contributed by atoms with Gasteiger partial charge in [-0.2, -0.15) is 0 Å².